The number of aromatic nitrogens is 2. The van der Waals surface area contributed by atoms with Crippen LogP contribution in [-0.4, -0.2) is 34.3 Å². The summed E-state index contributed by atoms with van der Waals surface area (Å²) in [5.41, 5.74) is 2.71. The Morgan fingerprint density at radius 3 is 2.56 bits per heavy atom. The molecule has 3 aromatic rings. The quantitative estimate of drug-likeness (QED) is 0.648. The molecule has 0 atom stereocenters. The Morgan fingerprint density at radius 1 is 1.12 bits per heavy atom. The zero-order valence-electron chi connectivity index (χ0n) is 14.4. The van der Waals surface area contributed by atoms with Crippen LogP contribution >= 0.6 is 11.8 Å². The average molecular weight is 353 g/mol. The Labute approximate surface area is 151 Å². The van der Waals surface area contributed by atoms with E-state index in [0.717, 1.165) is 10.5 Å². The third-order valence-corrected chi connectivity index (χ3v) is 4.62. The number of nitrogens with zero attached hydrogens (tertiary/aromatic N) is 3. The van der Waals surface area contributed by atoms with Crippen molar-refractivity contribution in [3.63, 3.8) is 0 Å². The highest BCUT2D eigenvalue weighted by Crippen LogP contribution is 2.22. The van der Waals surface area contributed by atoms with Crippen LogP contribution in [0.2, 0.25) is 0 Å². The Kier molecular flexibility index (Phi) is 5.19. The highest BCUT2D eigenvalue weighted by Gasteiger charge is 2.18. The summed E-state index contributed by atoms with van der Waals surface area (Å²) in [6.45, 7) is 2.29. The second-order valence-corrected chi connectivity index (χ2v) is 6.58. The lowest BCUT2D eigenvalue weighted by Crippen LogP contribution is -2.26. The zero-order valence-corrected chi connectivity index (χ0v) is 15.2. The van der Waals surface area contributed by atoms with Crippen LogP contribution in [0.15, 0.2) is 57.8 Å². The molecule has 25 heavy (non-hydrogen) atoms. The van der Waals surface area contributed by atoms with Gasteiger partial charge in [-0.25, -0.2) is 0 Å². The maximum atomic E-state index is 12.7. The van der Waals surface area contributed by atoms with Crippen molar-refractivity contribution < 1.29 is 9.21 Å². The first-order chi connectivity index (χ1) is 12.1. The lowest BCUT2D eigenvalue weighted by molar-refractivity contribution is 0.0769. The lowest BCUT2D eigenvalue weighted by atomic mass is 10.1. The minimum Gasteiger partial charge on any atom is -0.419 e. The number of aryl methyl sites for hydroxylation is 1. The molecule has 5 nitrogen and oxygen atoms in total. The first kappa shape index (κ1) is 17.2. The summed E-state index contributed by atoms with van der Waals surface area (Å²) in [7, 11) is 1.73. The molecule has 0 unspecified atom stereocenters. The second-order valence-electron chi connectivity index (χ2n) is 5.73. The standard InChI is InChI=1S/C19H19N3O2S/c1-13-8-10-14(11-9-13)18-21-20-17(24-18)12-22(2)19(23)15-6-4-5-7-16(15)25-3/h4-11H,12H2,1-3H3. The predicted molar refractivity (Wildman–Crippen MR) is 98.5 cm³/mol. The van der Waals surface area contributed by atoms with E-state index in [1.807, 2.05) is 61.7 Å². The molecule has 0 fully saturated rings. The number of thioether (sulfide) groups is 1. The molecule has 1 amide bonds. The summed E-state index contributed by atoms with van der Waals surface area (Å²) in [6.07, 6.45) is 1.96. The molecular weight excluding hydrogens is 334 g/mol. The van der Waals surface area contributed by atoms with Crippen LogP contribution in [0.3, 0.4) is 0 Å². The van der Waals surface area contributed by atoms with Gasteiger partial charge in [0.05, 0.1) is 12.1 Å². The van der Waals surface area contributed by atoms with Gasteiger partial charge < -0.3 is 9.32 Å². The number of rotatable bonds is 5. The average Bonchev–Trinajstić information content (AvgIpc) is 3.10. The Hall–Kier alpha value is -2.60. The minimum atomic E-state index is -0.0694. The number of amides is 1. The minimum absolute atomic E-state index is 0.0694. The molecule has 128 valence electrons. The van der Waals surface area contributed by atoms with E-state index in [9.17, 15) is 4.79 Å². The molecule has 1 heterocycles. The molecule has 1 aromatic heterocycles. The number of benzene rings is 2. The van der Waals surface area contributed by atoms with E-state index in [0.29, 0.717) is 17.3 Å². The van der Waals surface area contributed by atoms with E-state index in [2.05, 4.69) is 10.2 Å². The second kappa shape index (κ2) is 7.53. The van der Waals surface area contributed by atoms with Crippen LogP contribution in [0.25, 0.3) is 11.5 Å². The Morgan fingerprint density at radius 2 is 1.84 bits per heavy atom. The number of carbonyl (C=O) groups is 1. The van der Waals surface area contributed by atoms with Gasteiger partial charge in [-0.2, -0.15) is 0 Å². The summed E-state index contributed by atoms with van der Waals surface area (Å²) in [5, 5.41) is 8.13. The van der Waals surface area contributed by atoms with Gasteiger partial charge in [-0.1, -0.05) is 29.8 Å². The normalized spacial score (nSPS) is 10.7. The van der Waals surface area contributed by atoms with Crippen LogP contribution < -0.4 is 0 Å². The first-order valence-electron chi connectivity index (χ1n) is 7.86. The summed E-state index contributed by atoms with van der Waals surface area (Å²) in [6, 6.07) is 15.4. The van der Waals surface area contributed by atoms with Gasteiger partial charge in [0.2, 0.25) is 11.8 Å². The molecule has 0 bridgehead atoms. The van der Waals surface area contributed by atoms with Gasteiger partial charge in [0.1, 0.15) is 0 Å². The molecule has 0 N–H and O–H groups in total. The van der Waals surface area contributed by atoms with Crippen molar-refractivity contribution in [3.05, 3.63) is 65.5 Å². The third kappa shape index (κ3) is 3.91. The van der Waals surface area contributed by atoms with E-state index in [4.69, 9.17) is 4.42 Å². The maximum Gasteiger partial charge on any atom is 0.255 e. The third-order valence-electron chi connectivity index (χ3n) is 3.82. The molecule has 0 aliphatic heterocycles. The molecule has 2 aromatic carbocycles. The molecule has 0 spiro atoms. The monoisotopic (exact) mass is 353 g/mol. The van der Waals surface area contributed by atoms with Crippen molar-refractivity contribution in [2.24, 2.45) is 0 Å². The zero-order chi connectivity index (χ0) is 17.8. The summed E-state index contributed by atoms with van der Waals surface area (Å²) < 4.78 is 5.70. The van der Waals surface area contributed by atoms with Crippen LogP contribution in [0.1, 0.15) is 21.8 Å². The molecule has 0 saturated carbocycles. The number of hydrogen-bond acceptors (Lipinski definition) is 5. The highest BCUT2D eigenvalue weighted by molar-refractivity contribution is 7.98. The van der Waals surface area contributed by atoms with Crippen molar-refractivity contribution in [3.8, 4) is 11.5 Å². The van der Waals surface area contributed by atoms with Crippen molar-refractivity contribution in [2.75, 3.05) is 13.3 Å². The van der Waals surface area contributed by atoms with E-state index in [1.54, 1.807) is 23.7 Å². The summed E-state index contributed by atoms with van der Waals surface area (Å²) in [5.74, 6) is 0.799. The first-order valence-corrected chi connectivity index (χ1v) is 9.09. The van der Waals surface area contributed by atoms with Gasteiger partial charge in [0.25, 0.3) is 5.91 Å². The molecule has 6 heteroatoms. The number of hydrogen-bond donors (Lipinski definition) is 0. The Balaban J connectivity index is 1.74. The Bertz CT molecular complexity index is 874. The van der Waals surface area contributed by atoms with Crippen LogP contribution in [0.5, 0.6) is 0 Å². The lowest BCUT2D eigenvalue weighted by Gasteiger charge is -2.16. The van der Waals surface area contributed by atoms with Gasteiger partial charge in [-0.3, -0.25) is 4.79 Å². The molecule has 0 aliphatic carbocycles. The number of carbonyl (C=O) groups excluding carboxylic acids is 1. The fourth-order valence-corrected chi connectivity index (χ4v) is 3.02. The molecule has 3 rings (SSSR count). The van der Waals surface area contributed by atoms with E-state index in [1.165, 1.54) is 5.56 Å². The van der Waals surface area contributed by atoms with Crippen LogP contribution in [0.4, 0.5) is 0 Å². The maximum absolute atomic E-state index is 12.7. The molecule has 0 radical (unpaired) electrons. The largest absolute Gasteiger partial charge is 0.419 e. The smallest absolute Gasteiger partial charge is 0.255 e. The topological polar surface area (TPSA) is 59.2 Å². The van der Waals surface area contributed by atoms with Gasteiger partial charge in [0, 0.05) is 17.5 Å². The van der Waals surface area contributed by atoms with E-state index in [-0.39, 0.29) is 12.5 Å². The van der Waals surface area contributed by atoms with Gasteiger partial charge in [0.15, 0.2) is 0 Å². The van der Waals surface area contributed by atoms with Crippen molar-refractivity contribution in [2.45, 2.75) is 18.4 Å². The van der Waals surface area contributed by atoms with Crippen molar-refractivity contribution in [1.82, 2.24) is 15.1 Å². The van der Waals surface area contributed by atoms with Crippen molar-refractivity contribution in [1.29, 1.82) is 0 Å². The predicted octanol–water partition coefficient (Wildman–Crippen LogP) is 4.04. The summed E-state index contributed by atoms with van der Waals surface area (Å²) in [4.78, 5) is 15.2. The van der Waals surface area contributed by atoms with Crippen LogP contribution in [0, 0.1) is 6.92 Å². The van der Waals surface area contributed by atoms with E-state index >= 15 is 0 Å². The fourth-order valence-electron chi connectivity index (χ4n) is 2.43. The van der Waals surface area contributed by atoms with Gasteiger partial charge >= 0.3 is 0 Å². The SMILES string of the molecule is CSc1ccccc1C(=O)N(C)Cc1nnc(-c2ccc(C)cc2)o1. The van der Waals surface area contributed by atoms with Crippen LogP contribution in [-0.2, 0) is 6.54 Å². The van der Waals surface area contributed by atoms with E-state index < -0.39 is 0 Å². The van der Waals surface area contributed by atoms with Gasteiger partial charge in [-0.05, 0) is 37.4 Å². The molecular formula is C19H19N3O2S. The molecule has 0 saturated heterocycles. The van der Waals surface area contributed by atoms with Crippen molar-refractivity contribution >= 4 is 17.7 Å². The van der Waals surface area contributed by atoms with Gasteiger partial charge in [-0.15, -0.1) is 22.0 Å². The highest BCUT2D eigenvalue weighted by atomic mass is 32.2. The molecule has 0 aliphatic rings. The fraction of sp³-hybridized carbons (Fsp3) is 0.211. The summed E-state index contributed by atoms with van der Waals surface area (Å²) >= 11 is 1.55.